The van der Waals surface area contributed by atoms with Crippen LogP contribution in [0.4, 0.5) is 0 Å². The van der Waals surface area contributed by atoms with E-state index in [1.165, 1.54) is 33.5 Å². The van der Waals surface area contributed by atoms with Gasteiger partial charge in [0.05, 0.1) is 26.9 Å². The van der Waals surface area contributed by atoms with Gasteiger partial charge in [0, 0.05) is 0 Å². The standard InChI is InChI=1S/C12H14O6/c1-15-9-5-4-8(12(14)17-3)6-10(9)18-7-11(13)16-2/h4-6H,7H2,1-3H3. The molecule has 6 heteroatoms. The molecule has 0 aliphatic heterocycles. The highest BCUT2D eigenvalue weighted by molar-refractivity contribution is 5.90. The van der Waals surface area contributed by atoms with E-state index in [0.717, 1.165) is 0 Å². The first kappa shape index (κ1) is 13.8. The van der Waals surface area contributed by atoms with Gasteiger partial charge in [-0.3, -0.25) is 0 Å². The van der Waals surface area contributed by atoms with E-state index in [4.69, 9.17) is 9.47 Å². The first-order valence-electron chi connectivity index (χ1n) is 5.08. The van der Waals surface area contributed by atoms with Crippen LogP contribution in [0.5, 0.6) is 11.5 Å². The van der Waals surface area contributed by atoms with E-state index in [0.29, 0.717) is 11.3 Å². The second kappa shape index (κ2) is 6.48. The molecule has 0 bridgehead atoms. The van der Waals surface area contributed by atoms with Crippen LogP contribution in [0.15, 0.2) is 18.2 Å². The van der Waals surface area contributed by atoms with E-state index < -0.39 is 11.9 Å². The fourth-order valence-electron chi connectivity index (χ4n) is 1.23. The molecular weight excluding hydrogens is 240 g/mol. The highest BCUT2D eigenvalue weighted by Crippen LogP contribution is 2.28. The number of hydrogen-bond acceptors (Lipinski definition) is 6. The fourth-order valence-corrected chi connectivity index (χ4v) is 1.23. The molecule has 0 aromatic heterocycles. The van der Waals surface area contributed by atoms with Crippen molar-refractivity contribution >= 4 is 11.9 Å². The summed E-state index contributed by atoms with van der Waals surface area (Å²) < 4.78 is 19.3. The lowest BCUT2D eigenvalue weighted by molar-refractivity contribution is -0.142. The Balaban J connectivity index is 2.91. The van der Waals surface area contributed by atoms with Crippen molar-refractivity contribution in [1.29, 1.82) is 0 Å². The molecule has 0 saturated heterocycles. The van der Waals surface area contributed by atoms with Gasteiger partial charge < -0.3 is 18.9 Å². The smallest absolute Gasteiger partial charge is 0.343 e. The highest BCUT2D eigenvalue weighted by atomic mass is 16.6. The van der Waals surface area contributed by atoms with Gasteiger partial charge >= 0.3 is 11.9 Å². The summed E-state index contributed by atoms with van der Waals surface area (Å²) >= 11 is 0. The third-order valence-electron chi connectivity index (χ3n) is 2.16. The van der Waals surface area contributed by atoms with Crippen LogP contribution >= 0.6 is 0 Å². The fraction of sp³-hybridized carbons (Fsp3) is 0.333. The van der Waals surface area contributed by atoms with Crippen molar-refractivity contribution < 1.29 is 28.5 Å². The van der Waals surface area contributed by atoms with E-state index in [-0.39, 0.29) is 12.4 Å². The van der Waals surface area contributed by atoms with Crippen LogP contribution in [0.1, 0.15) is 10.4 Å². The zero-order valence-corrected chi connectivity index (χ0v) is 10.4. The number of ether oxygens (including phenoxy) is 4. The average Bonchev–Trinajstić information content (AvgIpc) is 2.43. The van der Waals surface area contributed by atoms with E-state index in [9.17, 15) is 9.59 Å². The lowest BCUT2D eigenvalue weighted by Crippen LogP contribution is -2.13. The molecule has 0 atom stereocenters. The van der Waals surface area contributed by atoms with Gasteiger partial charge in [-0.2, -0.15) is 0 Å². The molecule has 0 saturated carbocycles. The Hall–Kier alpha value is -2.24. The second-order valence-corrected chi connectivity index (χ2v) is 3.22. The summed E-state index contributed by atoms with van der Waals surface area (Å²) in [5.41, 5.74) is 0.304. The predicted molar refractivity (Wildman–Crippen MR) is 61.8 cm³/mol. The number of esters is 2. The molecule has 0 aliphatic carbocycles. The van der Waals surface area contributed by atoms with Crippen molar-refractivity contribution in [3.63, 3.8) is 0 Å². The summed E-state index contributed by atoms with van der Waals surface area (Å²) in [5, 5.41) is 0. The summed E-state index contributed by atoms with van der Waals surface area (Å²) in [6, 6.07) is 4.53. The van der Waals surface area contributed by atoms with Crippen molar-refractivity contribution in [3.8, 4) is 11.5 Å². The molecule has 0 amide bonds. The van der Waals surface area contributed by atoms with Gasteiger partial charge in [-0.05, 0) is 18.2 Å². The van der Waals surface area contributed by atoms with E-state index in [1.807, 2.05) is 0 Å². The van der Waals surface area contributed by atoms with Crippen molar-refractivity contribution in [2.45, 2.75) is 0 Å². The molecule has 0 aliphatic rings. The molecule has 6 nitrogen and oxygen atoms in total. The van der Waals surface area contributed by atoms with Crippen LogP contribution < -0.4 is 9.47 Å². The third-order valence-corrected chi connectivity index (χ3v) is 2.16. The number of hydrogen-bond donors (Lipinski definition) is 0. The maximum atomic E-state index is 11.3. The zero-order valence-electron chi connectivity index (χ0n) is 10.4. The lowest BCUT2D eigenvalue weighted by atomic mass is 10.2. The summed E-state index contributed by atoms with van der Waals surface area (Å²) in [6.07, 6.45) is 0. The van der Waals surface area contributed by atoms with Crippen LogP contribution in [0.25, 0.3) is 0 Å². The SMILES string of the molecule is COC(=O)COc1cc(C(=O)OC)ccc1OC. The molecule has 0 unspecified atom stereocenters. The first-order chi connectivity index (χ1) is 8.62. The number of carbonyl (C=O) groups excluding carboxylic acids is 2. The predicted octanol–water partition coefficient (Wildman–Crippen LogP) is 1.03. The maximum absolute atomic E-state index is 11.3. The maximum Gasteiger partial charge on any atom is 0.343 e. The van der Waals surface area contributed by atoms with Crippen molar-refractivity contribution in [3.05, 3.63) is 23.8 Å². The van der Waals surface area contributed by atoms with Crippen molar-refractivity contribution in [1.82, 2.24) is 0 Å². The Labute approximate surface area is 104 Å². The monoisotopic (exact) mass is 254 g/mol. The number of benzene rings is 1. The quantitative estimate of drug-likeness (QED) is 0.731. The summed E-state index contributed by atoms with van der Waals surface area (Å²) in [7, 11) is 3.99. The van der Waals surface area contributed by atoms with Gasteiger partial charge in [0.15, 0.2) is 18.1 Å². The van der Waals surface area contributed by atoms with E-state index in [2.05, 4.69) is 9.47 Å². The van der Waals surface area contributed by atoms with E-state index >= 15 is 0 Å². The Kier molecular flexibility index (Phi) is 4.98. The van der Waals surface area contributed by atoms with Crippen LogP contribution in [-0.4, -0.2) is 39.9 Å². The Bertz CT molecular complexity index is 440. The van der Waals surface area contributed by atoms with Crippen LogP contribution in [0, 0.1) is 0 Å². The van der Waals surface area contributed by atoms with Gasteiger partial charge in [-0.25, -0.2) is 9.59 Å². The number of rotatable bonds is 5. The lowest BCUT2D eigenvalue weighted by Gasteiger charge is -2.10. The van der Waals surface area contributed by atoms with Crippen LogP contribution in [-0.2, 0) is 14.3 Å². The Morgan fingerprint density at radius 2 is 1.78 bits per heavy atom. The normalized spacial score (nSPS) is 9.50. The van der Waals surface area contributed by atoms with Gasteiger partial charge in [-0.15, -0.1) is 0 Å². The molecule has 1 aromatic carbocycles. The Morgan fingerprint density at radius 3 is 2.33 bits per heavy atom. The summed E-state index contributed by atoms with van der Waals surface area (Å²) in [6.45, 7) is -0.266. The van der Waals surface area contributed by atoms with E-state index in [1.54, 1.807) is 6.07 Å². The average molecular weight is 254 g/mol. The van der Waals surface area contributed by atoms with Gasteiger partial charge in [0.1, 0.15) is 0 Å². The Morgan fingerprint density at radius 1 is 1.06 bits per heavy atom. The molecule has 0 fully saturated rings. The molecule has 0 N–H and O–H groups in total. The first-order valence-corrected chi connectivity index (χ1v) is 5.08. The molecular formula is C12H14O6. The molecule has 1 rings (SSSR count). The van der Waals surface area contributed by atoms with Crippen molar-refractivity contribution in [2.24, 2.45) is 0 Å². The molecule has 0 radical (unpaired) electrons. The second-order valence-electron chi connectivity index (χ2n) is 3.22. The largest absolute Gasteiger partial charge is 0.493 e. The third kappa shape index (κ3) is 3.38. The zero-order chi connectivity index (χ0) is 13.5. The minimum absolute atomic E-state index is 0.266. The van der Waals surface area contributed by atoms with Crippen LogP contribution in [0.3, 0.4) is 0 Å². The minimum atomic E-state index is -0.527. The minimum Gasteiger partial charge on any atom is -0.493 e. The highest BCUT2D eigenvalue weighted by Gasteiger charge is 2.12. The number of carbonyl (C=O) groups is 2. The van der Waals surface area contributed by atoms with Gasteiger partial charge in [0.25, 0.3) is 0 Å². The molecule has 1 aromatic rings. The molecule has 98 valence electrons. The number of methoxy groups -OCH3 is 3. The molecule has 0 spiro atoms. The van der Waals surface area contributed by atoms with Gasteiger partial charge in [0.2, 0.25) is 0 Å². The molecule has 0 heterocycles. The topological polar surface area (TPSA) is 71.1 Å². The van der Waals surface area contributed by atoms with Crippen LogP contribution in [0.2, 0.25) is 0 Å². The summed E-state index contributed by atoms with van der Waals surface area (Å²) in [5.74, 6) is -0.349. The summed E-state index contributed by atoms with van der Waals surface area (Å²) in [4.78, 5) is 22.3. The van der Waals surface area contributed by atoms with Crippen molar-refractivity contribution in [2.75, 3.05) is 27.9 Å². The van der Waals surface area contributed by atoms with Gasteiger partial charge in [-0.1, -0.05) is 0 Å². The molecule has 18 heavy (non-hydrogen) atoms.